The van der Waals surface area contributed by atoms with Gasteiger partial charge in [0, 0.05) is 75.5 Å². The highest BCUT2D eigenvalue weighted by Gasteiger charge is 2.53. The number of amides is 5. The summed E-state index contributed by atoms with van der Waals surface area (Å²) in [4.78, 5) is 74.9. The van der Waals surface area contributed by atoms with E-state index in [9.17, 15) is 29.1 Å². The molecule has 3 aromatic rings. The van der Waals surface area contributed by atoms with Crippen molar-refractivity contribution in [3.63, 3.8) is 0 Å². The highest BCUT2D eigenvalue weighted by Crippen LogP contribution is 2.53. The van der Waals surface area contributed by atoms with Gasteiger partial charge in [-0.25, -0.2) is 0 Å². The fraction of sp³-hybridized carbons (Fsp3) is 0.457. The van der Waals surface area contributed by atoms with E-state index in [1.165, 1.54) is 6.07 Å². The zero-order chi connectivity index (χ0) is 44.5. The van der Waals surface area contributed by atoms with Gasteiger partial charge in [0.15, 0.2) is 0 Å². The number of piperazine rings is 1. The van der Waals surface area contributed by atoms with Crippen molar-refractivity contribution in [1.29, 1.82) is 5.26 Å². The monoisotopic (exact) mass is 844 g/mol. The van der Waals surface area contributed by atoms with E-state index in [0.29, 0.717) is 39.3 Å². The average Bonchev–Trinajstić information content (AvgIpc) is 3.50. The van der Waals surface area contributed by atoms with Crippen LogP contribution in [-0.2, 0) is 14.4 Å². The number of rotatable bonds is 8. The minimum atomic E-state index is -0.970. The number of benzene rings is 2. The van der Waals surface area contributed by atoms with Crippen LogP contribution in [0.5, 0.6) is 5.75 Å². The molecule has 0 bridgehead atoms. The first kappa shape index (κ1) is 43.6. The number of likely N-dealkylation sites (tertiary alicyclic amines) is 1. The Labute approximate surface area is 361 Å². The van der Waals surface area contributed by atoms with Crippen LogP contribution in [0.2, 0.25) is 0 Å². The molecule has 16 nitrogen and oxygen atoms in total. The number of nitrogens with two attached hydrogens (primary N) is 2. The van der Waals surface area contributed by atoms with Crippen molar-refractivity contribution in [3.05, 3.63) is 89.0 Å². The van der Waals surface area contributed by atoms with E-state index in [2.05, 4.69) is 58.0 Å². The lowest BCUT2D eigenvalue weighted by molar-refractivity contribution is -0.136. The lowest BCUT2D eigenvalue weighted by Gasteiger charge is -2.57. The van der Waals surface area contributed by atoms with Crippen LogP contribution in [0.3, 0.4) is 0 Å². The quantitative estimate of drug-likeness (QED) is 0.125. The van der Waals surface area contributed by atoms with Gasteiger partial charge >= 0.3 is 0 Å². The largest absolute Gasteiger partial charge is 0.507 e. The van der Waals surface area contributed by atoms with Crippen LogP contribution in [0.4, 0.5) is 5.69 Å². The van der Waals surface area contributed by atoms with Crippen LogP contribution in [0.25, 0.3) is 10.9 Å². The number of carbonyl (C=O) groups excluding carboxylic acids is 5. The van der Waals surface area contributed by atoms with Crippen molar-refractivity contribution in [2.24, 2.45) is 28.2 Å². The van der Waals surface area contributed by atoms with Crippen molar-refractivity contribution < 1.29 is 29.1 Å². The number of imide groups is 2. The molecule has 5 aliphatic rings. The van der Waals surface area contributed by atoms with Gasteiger partial charge in [-0.05, 0) is 97.0 Å². The Morgan fingerprint density at radius 3 is 2.29 bits per heavy atom. The summed E-state index contributed by atoms with van der Waals surface area (Å²) in [5.41, 5.74) is 15.3. The summed E-state index contributed by atoms with van der Waals surface area (Å²) in [5.74, 6) is -0.915. The van der Waals surface area contributed by atoms with Crippen LogP contribution >= 0.6 is 0 Å². The lowest BCUT2D eigenvalue weighted by atomic mass is 9.52. The topological polar surface area (TPSA) is 231 Å². The molecule has 0 radical (unpaired) electrons. The van der Waals surface area contributed by atoms with Crippen LogP contribution < -0.4 is 27.0 Å². The number of aromatic nitrogens is 1. The molecule has 62 heavy (non-hydrogen) atoms. The molecule has 0 spiro atoms. The second-order valence-electron chi connectivity index (χ2n) is 18.3. The van der Waals surface area contributed by atoms with Gasteiger partial charge in [-0.15, -0.1) is 0 Å². The summed E-state index contributed by atoms with van der Waals surface area (Å²) < 4.78 is 0. The Balaban J connectivity index is 0.000000377. The number of pyridine rings is 1. The molecule has 4 aliphatic heterocycles. The summed E-state index contributed by atoms with van der Waals surface area (Å²) in [6.07, 6.45) is 8.26. The normalized spacial score (nSPS) is 22.0. The van der Waals surface area contributed by atoms with Gasteiger partial charge in [-0.3, -0.25) is 44.1 Å². The first-order valence-corrected chi connectivity index (χ1v) is 21.3. The van der Waals surface area contributed by atoms with E-state index in [1.54, 1.807) is 48.7 Å². The van der Waals surface area contributed by atoms with Gasteiger partial charge in [-0.1, -0.05) is 27.7 Å². The summed E-state index contributed by atoms with van der Waals surface area (Å²) >= 11 is 0. The molecule has 4 fully saturated rings. The third-order valence-corrected chi connectivity index (χ3v) is 13.0. The molecule has 1 saturated carbocycles. The molecule has 1 aliphatic carbocycles. The van der Waals surface area contributed by atoms with Crippen LogP contribution in [0.15, 0.2) is 72.3 Å². The number of hydrogen-bond donors (Lipinski definition) is 5. The van der Waals surface area contributed by atoms with Gasteiger partial charge < -0.3 is 31.7 Å². The Kier molecular flexibility index (Phi) is 12.3. The van der Waals surface area contributed by atoms with Gasteiger partial charge in [0.25, 0.3) is 17.7 Å². The van der Waals surface area contributed by atoms with Crippen LogP contribution in [0.1, 0.15) is 86.1 Å². The van der Waals surface area contributed by atoms with E-state index in [4.69, 9.17) is 16.7 Å². The van der Waals surface area contributed by atoms with Crippen molar-refractivity contribution in [2.45, 2.75) is 71.9 Å². The predicted octanol–water partition coefficient (Wildman–Crippen LogP) is 3.32. The number of hydrogen-bond acceptors (Lipinski definition) is 13. The SMILES string of the molecule is CC1(C)CC(C)(C)C1NC(=O)/C(N)=C/C=C(\N)N1CCC(CN2CCN(c3ccc4c(c3)C(=O)N(C3CCC(=O)NC3=O)C4=O)CC2)CC1.N#Cc1ccc(O)c2cccnc12. The highest BCUT2D eigenvalue weighted by molar-refractivity contribution is 6.23. The number of piperidine rings is 2. The summed E-state index contributed by atoms with van der Waals surface area (Å²) in [6.45, 7) is 14.7. The number of phenols is 1. The molecular formula is C46H56N10O6. The molecule has 5 amide bonds. The second kappa shape index (κ2) is 17.5. The molecule has 8 rings (SSSR count). The summed E-state index contributed by atoms with van der Waals surface area (Å²) in [5, 5.41) is 24.2. The number of fused-ring (bicyclic) bond motifs is 2. The molecule has 7 N–H and O–H groups in total. The van der Waals surface area contributed by atoms with Crippen LogP contribution in [0, 0.1) is 28.1 Å². The van der Waals surface area contributed by atoms with E-state index in [1.807, 2.05) is 12.1 Å². The molecule has 1 unspecified atom stereocenters. The molecule has 1 atom stereocenters. The molecule has 2 aromatic carbocycles. The standard InChI is InChI=1S/C36H50N8O5.C10H6N2O/c1-35(2)21-36(3,4)34(35)40-30(46)26(37)7-9-28(38)43-13-11-22(12-14-43)20-41-15-17-42(18-16-41)23-5-6-24-25(19-23)33(49)44(32(24)48)27-8-10-29(45)39-31(27)47;11-6-7-3-4-9(13)8-2-1-5-12-10(7)8/h5-7,9,19,22,27,34H,8,10-18,20-21,37-38H2,1-4H3,(H,40,46)(H,39,45,47);1-5,13H/b26-7-,28-9+;. The number of nitriles is 1. The van der Waals surface area contributed by atoms with Gasteiger partial charge in [-0.2, -0.15) is 5.26 Å². The molecular weight excluding hydrogens is 789 g/mol. The van der Waals surface area contributed by atoms with E-state index < -0.39 is 29.7 Å². The lowest BCUT2D eigenvalue weighted by Crippen LogP contribution is -2.63. The number of nitrogens with one attached hydrogen (secondary N) is 2. The molecule has 1 aromatic heterocycles. The van der Waals surface area contributed by atoms with Crippen LogP contribution in [-0.4, -0.2) is 112 Å². The number of allylic oxidation sites excluding steroid dienone is 2. The first-order chi connectivity index (χ1) is 29.5. The molecule has 326 valence electrons. The third kappa shape index (κ3) is 8.94. The fourth-order valence-electron chi connectivity index (χ4n) is 10.1. The Hall–Kier alpha value is -6.47. The first-order valence-electron chi connectivity index (χ1n) is 21.3. The minimum absolute atomic E-state index is 0.0455. The maximum Gasteiger partial charge on any atom is 0.267 e. The Bertz CT molecular complexity index is 2370. The zero-order valence-electron chi connectivity index (χ0n) is 35.8. The molecule has 3 saturated heterocycles. The zero-order valence-corrected chi connectivity index (χ0v) is 35.8. The third-order valence-electron chi connectivity index (χ3n) is 13.0. The summed E-state index contributed by atoms with van der Waals surface area (Å²) in [6, 6.07) is 12.9. The average molecular weight is 845 g/mol. The highest BCUT2D eigenvalue weighted by atomic mass is 16.3. The number of aromatic hydroxyl groups is 1. The van der Waals surface area contributed by atoms with Gasteiger partial charge in [0.2, 0.25) is 11.8 Å². The maximum absolute atomic E-state index is 13.3. The number of nitrogens with zero attached hydrogens (tertiary/aromatic N) is 6. The van der Waals surface area contributed by atoms with E-state index >= 15 is 0 Å². The van der Waals surface area contributed by atoms with Crippen molar-refractivity contribution >= 4 is 46.1 Å². The molecule has 16 heteroatoms. The fourth-order valence-corrected chi connectivity index (χ4v) is 10.1. The van der Waals surface area contributed by atoms with Crippen molar-refractivity contribution in [1.82, 2.24) is 30.3 Å². The number of anilines is 1. The Morgan fingerprint density at radius 2 is 1.63 bits per heavy atom. The Morgan fingerprint density at radius 1 is 0.935 bits per heavy atom. The minimum Gasteiger partial charge on any atom is -0.507 e. The van der Waals surface area contributed by atoms with E-state index in [-0.39, 0.29) is 47.1 Å². The summed E-state index contributed by atoms with van der Waals surface area (Å²) in [7, 11) is 0. The smallest absolute Gasteiger partial charge is 0.267 e. The predicted molar refractivity (Wildman–Crippen MR) is 233 cm³/mol. The van der Waals surface area contributed by atoms with Crippen molar-refractivity contribution in [3.8, 4) is 11.8 Å². The number of phenolic OH excluding ortho intramolecular Hbond substituents is 1. The number of carbonyl (C=O) groups is 5. The van der Waals surface area contributed by atoms with Crippen molar-refractivity contribution in [2.75, 3.05) is 50.7 Å². The van der Waals surface area contributed by atoms with E-state index in [0.717, 1.165) is 75.7 Å². The van der Waals surface area contributed by atoms with Gasteiger partial charge in [0.05, 0.1) is 33.7 Å². The molecule has 5 heterocycles. The second-order valence-corrected chi connectivity index (χ2v) is 18.3. The van der Waals surface area contributed by atoms with Gasteiger partial charge in [0.1, 0.15) is 17.9 Å². The maximum atomic E-state index is 13.3.